The molecule has 0 aromatic heterocycles. The van der Waals surface area contributed by atoms with Crippen LogP contribution in [0.5, 0.6) is 0 Å². The number of amides is 1. The quantitative estimate of drug-likeness (QED) is 0.912. The van der Waals surface area contributed by atoms with E-state index in [0.717, 1.165) is 21.3 Å². The maximum absolute atomic E-state index is 12.4. The van der Waals surface area contributed by atoms with Crippen LogP contribution in [-0.2, 0) is 11.3 Å². The maximum Gasteiger partial charge on any atom is 0.255 e. The number of carbonyl (C=O) groups is 1. The third-order valence-electron chi connectivity index (χ3n) is 3.08. The van der Waals surface area contributed by atoms with Crippen LogP contribution in [0.15, 0.2) is 46.9 Å². The molecule has 0 aliphatic rings. The molecule has 104 valence electrons. The second kappa shape index (κ2) is 6.68. The van der Waals surface area contributed by atoms with Gasteiger partial charge in [-0.25, -0.2) is 0 Å². The molecular formula is C16H16BrNO2. The van der Waals surface area contributed by atoms with Gasteiger partial charge in [0.05, 0.1) is 6.61 Å². The number of nitrogens with one attached hydrogen (secondary N) is 1. The van der Waals surface area contributed by atoms with Crippen molar-refractivity contribution in [3.63, 3.8) is 0 Å². The molecule has 0 saturated heterocycles. The van der Waals surface area contributed by atoms with Crippen molar-refractivity contribution in [1.29, 1.82) is 0 Å². The minimum Gasteiger partial charge on any atom is -0.380 e. The summed E-state index contributed by atoms with van der Waals surface area (Å²) in [6.45, 7) is 2.38. The van der Waals surface area contributed by atoms with Gasteiger partial charge in [0.2, 0.25) is 0 Å². The number of carbonyl (C=O) groups excluding carboxylic acids is 1. The SMILES string of the molecule is COCc1ccccc1NC(=O)c1cccc(Br)c1C. The first-order valence-corrected chi connectivity index (χ1v) is 7.06. The minimum atomic E-state index is -0.118. The number of para-hydroxylation sites is 1. The zero-order chi connectivity index (χ0) is 14.5. The van der Waals surface area contributed by atoms with E-state index in [-0.39, 0.29) is 5.91 Å². The number of hydrogen-bond donors (Lipinski definition) is 1. The summed E-state index contributed by atoms with van der Waals surface area (Å²) >= 11 is 3.44. The van der Waals surface area contributed by atoms with E-state index in [1.165, 1.54) is 0 Å². The monoisotopic (exact) mass is 333 g/mol. The van der Waals surface area contributed by atoms with Gasteiger partial charge in [-0.1, -0.05) is 40.2 Å². The van der Waals surface area contributed by atoms with Gasteiger partial charge in [0, 0.05) is 28.4 Å². The lowest BCUT2D eigenvalue weighted by atomic mass is 10.1. The summed E-state index contributed by atoms with van der Waals surface area (Å²) in [5.41, 5.74) is 3.32. The molecule has 0 radical (unpaired) electrons. The molecular weight excluding hydrogens is 318 g/mol. The van der Waals surface area contributed by atoms with Gasteiger partial charge in [0.25, 0.3) is 5.91 Å². The van der Waals surface area contributed by atoms with Crippen molar-refractivity contribution in [3.8, 4) is 0 Å². The van der Waals surface area contributed by atoms with Crippen molar-refractivity contribution in [2.75, 3.05) is 12.4 Å². The van der Waals surface area contributed by atoms with Crippen molar-refractivity contribution >= 4 is 27.5 Å². The molecule has 3 nitrogen and oxygen atoms in total. The van der Waals surface area contributed by atoms with Crippen LogP contribution in [0.2, 0.25) is 0 Å². The highest BCUT2D eigenvalue weighted by atomic mass is 79.9. The lowest BCUT2D eigenvalue weighted by molar-refractivity contribution is 0.102. The fraction of sp³-hybridized carbons (Fsp3) is 0.188. The number of methoxy groups -OCH3 is 1. The van der Waals surface area contributed by atoms with Gasteiger partial charge in [-0.3, -0.25) is 4.79 Å². The van der Waals surface area contributed by atoms with Crippen LogP contribution in [0.25, 0.3) is 0 Å². The Bertz CT molecular complexity index is 626. The highest BCUT2D eigenvalue weighted by Crippen LogP contribution is 2.22. The lowest BCUT2D eigenvalue weighted by Crippen LogP contribution is -2.15. The second-order valence-corrected chi connectivity index (χ2v) is 5.31. The van der Waals surface area contributed by atoms with Gasteiger partial charge in [0.1, 0.15) is 0 Å². The smallest absolute Gasteiger partial charge is 0.255 e. The predicted molar refractivity (Wildman–Crippen MR) is 84.0 cm³/mol. The Kier molecular flexibility index (Phi) is 4.93. The molecule has 1 N–H and O–H groups in total. The highest BCUT2D eigenvalue weighted by molar-refractivity contribution is 9.10. The zero-order valence-corrected chi connectivity index (χ0v) is 13.0. The summed E-state index contributed by atoms with van der Waals surface area (Å²) in [6, 6.07) is 13.2. The maximum atomic E-state index is 12.4. The number of benzene rings is 2. The van der Waals surface area contributed by atoms with Crippen LogP contribution in [0.1, 0.15) is 21.5 Å². The van der Waals surface area contributed by atoms with Crippen LogP contribution in [0.4, 0.5) is 5.69 Å². The Morgan fingerprint density at radius 3 is 2.70 bits per heavy atom. The summed E-state index contributed by atoms with van der Waals surface area (Å²) in [4.78, 5) is 12.4. The molecule has 0 atom stereocenters. The number of anilines is 1. The molecule has 0 saturated carbocycles. The summed E-state index contributed by atoms with van der Waals surface area (Å²) in [7, 11) is 1.64. The summed E-state index contributed by atoms with van der Waals surface area (Å²) < 4.78 is 6.07. The van der Waals surface area contributed by atoms with E-state index in [4.69, 9.17) is 4.74 Å². The molecule has 0 heterocycles. The van der Waals surface area contributed by atoms with Gasteiger partial charge in [0.15, 0.2) is 0 Å². The summed E-state index contributed by atoms with van der Waals surface area (Å²) in [5, 5.41) is 2.94. The molecule has 0 fully saturated rings. The van der Waals surface area contributed by atoms with Crippen molar-refractivity contribution in [2.45, 2.75) is 13.5 Å². The van der Waals surface area contributed by atoms with Crippen molar-refractivity contribution < 1.29 is 9.53 Å². The van der Waals surface area contributed by atoms with Gasteiger partial charge in [-0.2, -0.15) is 0 Å². The molecule has 0 spiro atoms. The van der Waals surface area contributed by atoms with Crippen LogP contribution < -0.4 is 5.32 Å². The molecule has 0 aliphatic carbocycles. The Morgan fingerprint density at radius 2 is 1.95 bits per heavy atom. The fourth-order valence-electron chi connectivity index (χ4n) is 1.97. The molecule has 4 heteroatoms. The topological polar surface area (TPSA) is 38.3 Å². The van der Waals surface area contributed by atoms with Gasteiger partial charge >= 0.3 is 0 Å². The molecule has 1 amide bonds. The molecule has 2 aromatic carbocycles. The average molecular weight is 334 g/mol. The van der Waals surface area contributed by atoms with E-state index >= 15 is 0 Å². The largest absolute Gasteiger partial charge is 0.380 e. The van der Waals surface area contributed by atoms with E-state index in [1.807, 2.05) is 49.4 Å². The zero-order valence-electron chi connectivity index (χ0n) is 11.4. The normalized spacial score (nSPS) is 10.3. The fourth-order valence-corrected chi connectivity index (χ4v) is 2.33. The van der Waals surface area contributed by atoms with Crippen LogP contribution >= 0.6 is 15.9 Å². The van der Waals surface area contributed by atoms with Crippen LogP contribution in [0, 0.1) is 6.92 Å². The van der Waals surface area contributed by atoms with E-state index in [2.05, 4.69) is 21.2 Å². The number of halogens is 1. The Morgan fingerprint density at radius 1 is 1.20 bits per heavy atom. The summed E-state index contributed by atoms with van der Waals surface area (Å²) in [5.74, 6) is -0.118. The van der Waals surface area contributed by atoms with E-state index in [0.29, 0.717) is 12.2 Å². The first-order valence-electron chi connectivity index (χ1n) is 6.26. The molecule has 20 heavy (non-hydrogen) atoms. The Balaban J connectivity index is 2.26. The standard InChI is InChI=1S/C16H16BrNO2/c1-11-13(7-5-8-14(11)17)16(19)18-15-9-4-3-6-12(15)10-20-2/h3-9H,10H2,1-2H3,(H,18,19). The summed E-state index contributed by atoms with van der Waals surface area (Å²) in [6.07, 6.45) is 0. The van der Waals surface area contributed by atoms with Crippen molar-refractivity contribution in [2.24, 2.45) is 0 Å². The molecule has 2 aromatic rings. The molecule has 0 bridgehead atoms. The Labute approximate surface area is 127 Å². The first kappa shape index (κ1) is 14.8. The highest BCUT2D eigenvalue weighted by Gasteiger charge is 2.12. The third-order valence-corrected chi connectivity index (χ3v) is 3.94. The van der Waals surface area contributed by atoms with Crippen molar-refractivity contribution in [1.82, 2.24) is 0 Å². The average Bonchev–Trinajstić information content (AvgIpc) is 2.44. The molecule has 0 aliphatic heterocycles. The number of rotatable bonds is 4. The number of hydrogen-bond acceptors (Lipinski definition) is 2. The van der Waals surface area contributed by atoms with E-state index < -0.39 is 0 Å². The van der Waals surface area contributed by atoms with E-state index in [1.54, 1.807) is 7.11 Å². The van der Waals surface area contributed by atoms with E-state index in [9.17, 15) is 4.79 Å². The van der Waals surface area contributed by atoms with Gasteiger partial charge in [-0.05, 0) is 30.7 Å². The Hall–Kier alpha value is -1.65. The number of ether oxygens (including phenoxy) is 1. The lowest BCUT2D eigenvalue weighted by Gasteiger charge is -2.12. The van der Waals surface area contributed by atoms with Crippen LogP contribution in [-0.4, -0.2) is 13.0 Å². The molecule has 2 rings (SSSR count). The van der Waals surface area contributed by atoms with Gasteiger partial charge in [-0.15, -0.1) is 0 Å². The molecule has 0 unspecified atom stereocenters. The predicted octanol–water partition coefficient (Wildman–Crippen LogP) is 4.16. The van der Waals surface area contributed by atoms with Gasteiger partial charge < -0.3 is 10.1 Å². The second-order valence-electron chi connectivity index (χ2n) is 4.46. The van der Waals surface area contributed by atoms with Crippen LogP contribution in [0.3, 0.4) is 0 Å². The van der Waals surface area contributed by atoms with Crippen molar-refractivity contribution in [3.05, 3.63) is 63.6 Å². The first-order chi connectivity index (χ1) is 9.63. The third kappa shape index (κ3) is 3.26. The minimum absolute atomic E-state index is 0.118.